The molecule has 1 rings (SSSR count). The number of aliphatic hydroxyl groups is 1. The molecule has 4 heteroatoms. The van der Waals surface area contributed by atoms with E-state index < -0.39 is 5.41 Å². The Morgan fingerprint density at radius 2 is 2.42 bits per heavy atom. The smallest absolute Gasteiger partial charge is 0.0925 e. The summed E-state index contributed by atoms with van der Waals surface area (Å²) >= 11 is 0. The first-order valence-corrected chi connectivity index (χ1v) is 3.95. The van der Waals surface area contributed by atoms with E-state index in [2.05, 4.69) is 9.97 Å². The highest BCUT2D eigenvalue weighted by Crippen LogP contribution is 2.21. The van der Waals surface area contributed by atoms with Crippen LogP contribution in [0.15, 0.2) is 6.33 Å². The van der Waals surface area contributed by atoms with Crippen molar-refractivity contribution in [3.8, 4) is 0 Å². The Hall–Kier alpha value is -0.870. The van der Waals surface area contributed by atoms with Crippen molar-refractivity contribution in [2.24, 2.45) is 5.73 Å². The lowest BCUT2D eigenvalue weighted by molar-refractivity contribution is 0.207. The number of nitrogens with two attached hydrogens (primary N) is 1. The highest BCUT2D eigenvalue weighted by molar-refractivity contribution is 5.20. The summed E-state index contributed by atoms with van der Waals surface area (Å²) in [5, 5.41) is 9.15. The second-order valence-electron chi connectivity index (χ2n) is 3.30. The lowest BCUT2D eigenvalue weighted by Crippen LogP contribution is -2.36. The number of hydrogen-bond acceptors (Lipinski definition) is 3. The minimum atomic E-state index is -0.413. The van der Waals surface area contributed by atoms with Crippen molar-refractivity contribution in [2.45, 2.75) is 19.3 Å². The van der Waals surface area contributed by atoms with E-state index >= 15 is 0 Å². The first kappa shape index (κ1) is 9.22. The predicted octanol–water partition coefficient (Wildman–Crippen LogP) is -0.0732. The van der Waals surface area contributed by atoms with Crippen LogP contribution in [0.2, 0.25) is 0 Å². The van der Waals surface area contributed by atoms with Gasteiger partial charge in [-0.25, -0.2) is 4.98 Å². The van der Waals surface area contributed by atoms with Gasteiger partial charge < -0.3 is 15.8 Å². The molecule has 0 aromatic carbocycles. The Balaban J connectivity index is 3.02. The number of aromatic nitrogens is 2. The molecule has 0 saturated heterocycles. The zero-order valence-electron chi connectivity index (χ0n) is 7.46. The van der Waals surface area contributed by atoms with Crippen molar-refractivity contribution in [1.82, 2.24) is 9.97 Å². The number of nitrogens with one attached hydrogen (secondary N) is 1. The quantitative estimate of drug-likeness (QED) is 0.592. The Morgan fingerprint density at radius 3 is 2.75 bits per heavy atom. The van der Waals surface area contributed by atoms with E-state index in [1.165, 1.54) is 0 Å². The standard InChI is InChI=1S/C8H15N3O/c1-6-7(11-5-10-6)8(2,3-9)4-12/h5,12H,3-4,9H2,1-2H3,(H,10,11). The van der Waals surface area contributed by atoms with Gasteiger partial charge in [0.05, 0.1) is 18.6 Å². The summed E-state index contributed by atoms with van der Waals surface area (Å²) in [4.78, 5) is 7.10. The first-order chi connectivity index (χ1) is 5.64. The highest BCUT2D eigenvalue weighted by Gasteiger charge is 2.27. The van der Waals surface area contributed by atoms with Gasteiger partial charge in [-0.1, -0.05) is 6.92 Å². The van der Waals surface area contributed by atoms with Crippen LogP contribution in [0.5, 0.6) is 0 Å². The fraction of sp³-hybridized carbons (Fsp3) is 0.625. The van der Waals surface area contributed by atoms with Gasteiger partial charge in [0.15, 0.2) is 0 Å². The van der Waals surface area contributed by atoms with E-state index in [1.54, 1.807) is 6.33 Å². The molecule has 0 amide bonds. The third kappa shape index (κ3) is 1.35. The van der Waals surface area contributed by atoms with Crippen LogP contribution in [-0.4, -0.2) is 28.2 Å². The summed E-state index contributed by atoms with van der Waals surface area (Å²) in [7, 11) is 0. The SMILES string of the molecule is Cc1[nH]cnc1C(C)(CN)CO. The van der Waals surface area contributed by atoms with Gasteiger partial charge in [0.2, 0.25) is 0 Å². The van der Waals surface area contributed by atoms with Crippen molar-refractivity contribution in [1.29, 1.82) is 0 Å². The number of H-pyrrole nitrogens is 1. The number of nitrogens with zero attached hydrogens (tertiary/aromatic N) is 1. The van der Waals surface area contributed by atoms with Gasteiger partial charge in [-0.3, -0.25) is 0 Å². The van der Waals surface area contributed by atoms with Gasteiger partial charge in [0, 0.05) is 17.7 Å². The minimum Gasteiger partial charge on any atom is -0.395 e. The van der Waals surface area contributed by atoms with E-state index in [1.807, 2.05) is 13.8 Å². The van der Waals surface area contributed by atoms with Crippen LogP contribution in [-0.2, 0) is 5.41 Å². The summed E-state index contributed by atoms with van der Waals surface area (Å²) in [5.74, 6) is 0. The van der Waals surface area contributed by atoms with Crippen molar-refractivity contribution in [2.75, 3.05) is 13.2 Å². The van der Waals surface area contributed by atoms with Crippen LogP contribution in [0.25, 0.3) is 0 Å². The van der Waals surface area contributed by atoms with E-state index in [-0.39, 0.29) is 6.61 Å². The second-order valence-corrected chi connectivity index (χ2v) is 3.30. The number of hydrogen-bond donors (Lipinski definition) is 3. The Labute approximate surface area is 71.8 Å². The normalized spacial score (nSPS) is 16.0. The van der Waals surface area contributed by atoms with Crippen molar-refractivity contribution in [3.05, 3.63) is 17.7 Å². The van der Waals surface area contributed by atoms with Crippen LogP contribution in [0.4, 0.5) is 0 Å². The maximum Gasteiger partial charge on any atom is 0.0925 e. The van der Waals surface area contributed by atoms with Crippen LogP contribution < -0.4 is 5.73 Å². The number of imidazole rings is 1. The fourth-order valence-electron chi connectivity index (χ4n) is 1.20. The molecule has 0 fully saturated rings. The molecule has 12 heavy (non-hydrogen) atoms. The van der Waals surface area contributed by atoms with Crippen molar-refractivity contribution < 1.29 is 5.11 Å². The molecule has 0 spiro atoms. The maximum absolute atomic E-state index is 9.15. The van der Waals surface area contributed by atoms with Gasteiger partial charge in [0.25, 0.3) is 0 Å². The monoisotopic (exact) mass is 169 g/mol. The molecule has 68 valence electrons. The fourth-order valence-corrected chi connectivity index (χ4v) is 1.20. The zero-order chi connectivity index (χ0) is 9.19. The van der Waals surface area contributed by atoms with Crippen LogP contribution in [0.3, 0.4) is 0 Å². The highest BCUT2D eigenvalue weighted by atomic mass is 16.3. The van der Waals surface area contributed by atoms with E-state index in [0.717, 1.165) is 11.4 Å². The number of rotatable bonds is 3. The predicted molar refractivity (Wildman–Crippen MR) is 46.8 cm³/mol. The van der Waals surface area contributed by atoms with Gasteiger partial charge in [-0.2, -0.15) is 0 Å². The van der Waals surface area contributed by atoms with E-state index in [9.17, 15) is 0 Å². The molecule has 0 aliphatic rings. The summed E-state index contributed by atoms with van der Waals surface area (Å²) in [6.07, 6.45) is 1.62. The van der Waals surface area contributed by atoms with Gasteiger partial charge in [0.1, 0.15) is 0 Å². The molecule has 0 aliphatic heterocycles. The van der Waals surface area contributed by atoms with Crippen LogP contribution in [0.1, 0.15) is 18.3 Å². The summed E-state index contributed by atoms with van der Waals surface area (Å²) < 4.78 is 0. The van der Waals surface area contributed by atoms with E-state index in [0.29, 0.717) is 6.54 Å². The van der Waals surface area contributed by atoms with Gasteiger partial charge >= 0.3 is 0 Å². The first-order valence-electron chi connectivity index (χ1n) is 3.95. The van der Waals surface area contributed by atoms with Crippen LogP contribution in [0, 0.1) is 6.92 Å². The lowest BCUT2D eigenvalue weighted by Gasteiger charge is -2.23. The molecule has 0 bridgehead atoms. The molecule has 0 saturated carbocycles. The molecule has 4 N–H and O–H groups in total. The number of aryl methyl sites for hydroxylation is 1. The molecule has 1 aromatic heterocycles. The Bertz CT molecular complexity index is 253. The molecular formula is C8H15N3O. The molecule has 0 radical (unpaired) electrons. The molecule has 4 nitrogen and oxygen atoms in total. The molecule has 1 atom stereocenters. The maximum atomic E-state index is 9.15. The number of aromatic amines is 1. The molecule has 1 aromatic rings. The third-order valence-corrected chi connectivity index (χ3v) is 2.20. The van der Waals surface area contributed by atoms with E-state index in [4.69, 9.17) is 10.8 Å². The Kier molecular flexibility index (Phi) is 2.49. The molecule has 0 aliphatic carbocycles. The average molecular weight is 169 g/mol. The van der Waals surface area contributed by atoms with Crippen molar-refractivity contribution in [3.63, 3.8) is 0 Å². The van der Waals surface area contributed by atoms with Gasteiger partial charge in [-0.15, -0.1) is 0 Å². The summed E-state index contributed by atoms with van der Waals surface area (Å²) in [6.45, 7) is 4.24. The molecule has 1 heterocycles. The minimum absolute atomic E-state index is 0.0230. The van der Waals surface area contributed by atoms with Gasteiger partial charge in [-0.05, 0) is 6.92 Å². The average Bonchev–Trinajstić information content (AvgIpc) is 2.51. The summed E-state index contributed by atoms with van der Waals surface area (Å²) in [6, 6.07) is 0. The number of aliphatic hydroxyl groups excluding tert-OH is 1. The van der Waals surface area contributed by atoms with Crippen LogP contribution >= 0.6 is 0 Å². The topological polar surface area (TPSA) is 74.9 Å². The largest absolute Gasteiger partial charge is 0.395 e. The van der Waals surface area contributed by atoms with Crippen molar-refractivity contribution >= 4 is 0 Å². The second kappa shape index (κ2) is 3.25. The summed E-state index contributed by atoms with van der Waals surface area (Å²) in [5.41, 5.74) is 6.97. The zero-order valence-corrected chi connectivity index (χ0v) is 7.46. The third-order valence-electron chi connectivity index (χ3n) is 2.20. The molecule has 1 unspecified atom stereocenters. The Morgan fingerprint density at radius 1 is 1.75 bits per heavy atom. The molecular weight excluding hydrogens is 154 g/mol. The lowest BCUT2D eigenvalue weighted by atomic mass is 9.87.